The Bertz CT molecular complexity index is 510. The summed E-state index contributed by atoms with van der Waals surface area (Å²) in [5.74, 6) is -0.308. The maximum atomic E-state index is 13.3. The second kappa shape index (κ2) is 4.35. The van der Waals surface area contributed by atoms with E-state index in [1.54, 1.807) is 23.0 Å². The number of rotatable bonds is 2. The van der Waals surface area contributed by atoms with Crippen LogP contribution >= 0.6 is 15.9 Å². The van der Waals surface area contributed by atoms with Crippen LogP contribution in [0.1, 0.15) is 17.2 Å². The molecule has 2 rings (SSSR count). The van der Waals surface area contributed by atoms with Gasteiger partial charge in [0.25, 0.3) is 0 Å². The first-order chi connectivity index (χ1) is 7.59. The van der Waals surface area contributed by atoms with Gasteiger partial charge in [0.05, 0.1) is 16.7 Å². The van der Waals surface area contributed by atoms with Crippen molar-refractivity contribution >= 4 is 15.9 Å². The summed E-state index contributed by atoms with van der Waals surface area (Å²) < 4.78 is 15.4. The fourth-order valence-electron chi connectivity index (χ4n) is 1.54. The van der Waals surface area contributed by atoms with Gasteiger partial charge in [-0.25, -0.2) is 4.39 Å². The SMILES string of the molecule is Cn1cc(C(N)c2cccc(F)c2Br)cn1. The lowest BCUT2D eigenvalue weighted by atomic mass is 10.0. The van der Waals surface area contributed by atoms with E-state index >= 15 is 0 Å². The third kappa shape index (κ3) is 2.01. The molecule has 1 aromatic heterocycles. The van der Waals surface area contributed by atoms with Crippen LogP contribution in [0.4, 0.5) is 4.39 Å². The molecule has 0 aliphatic carbocycles. The second-order valence-electron chi connectivity index (χ2n) is 3.57. The zero-order valence-corrected chi connectivity index (χ0v) is 10.3. The molecule has 84 valence electrons. The van der Waals surface area contributed by atoms with Crippen molar-refractivity contribution < 1.29 is 4.39 Å². The van der Waals surface area contributed by atoms with Crippen LogP contribution in [0.25, 0.3) is 0 Å². The average Bonchev–Trinajstić information content (AvgIpc) is 2.68. The van der Waals surface area contributed by atoms with Crippen molar-refractivity contribution in [2.75, 3.05) is 0 Å². The quantitative estimate of drug-likeness (QED) is 0.920. The van der Waals surface area contributed by atoms with Crippen molar-refractivity contribution in [3.05, 3.63) is 52.0 Å². The Kier molecular flexibility index (Phi) is 3.07. The predicted molar refractivity (Wildman–Crippen MR) is 63.3 cm³/mol. The molecule has 0 radical (unpaired) electrons. The van der Waals surface area contributed by atoms with Gasteiger partial charge in [-0.2, -0.15) is 5.10 Å². The van der Waals surface area contributed by atoms with Gasteiger partial charge in [0.2, 0.25) is 0 Å². The van der Waals surface area contributed by atoms with Gasteiger partial charge in [0.15, 0.2) is 0 Å². The van der Waals surface area contributed by atoms with E-state index in [1.807, 2.05) is 13.2 Å². The number of benzene rings is 1. The lowest BCUT2D eigenvalue weighted by Gasteiger charge is -2.12. The molecular weight excluding hydrogens is 273 g/mol. The van der Waals surface area contributed by atoms with Crippen molar-refractivity contribution in [1.82, 2.24) is 9.78 Å². The number of hydrogen-bond donors (Lipinski definition) is 1. The molecule has 0 amide bonds. The first kappa shape index (κ1) is 11.3. The smallest absolute Gasteiger partial charge is 0.137 e. The van der Waals surface area contributed by atoms with Crippen LogP contribution in [-0.2, 0) is 7.05 Å². The summed E-state index contributed by atoms with van der Waals surface area (Å²) in [6.45, 7) is 0. The van der Waals surface area contributed by atoms with Crippen molar-refractivity contribution in [3.8, 4) is 0 Å². The van der Waals surface area contributed by atoms with Gasteiger partial charge in [-0.15, -0.1) is 0 Å². The van der Waals surface area contributed by atoms with E-state index in [-0.39, 0.29) is 11.9 Å². The maximum absolute atomic E-state index is 13.3. The van der Waals surface area contributed by atoms with E-state index in [0.29, 0.717) is 10.0 Å². The summed E-state index contributed by atoms with van der Waals surface area (Å²) >= 11 is 3.20. The Hall–Kier alpha value is -1.20. The van der Waals surface area contributed by atoms with E-state index in [9.17, 15) is 4.39 Å². The lowest BCUT2D eigenvalue weighted by molar-refractivity contribution is 0.616. The average molecular weight is 284 g/mol. The number of hydrogen-bond acceptors (Lipinski definition) is 2. The fourth-order valence-corrected chi connectivity index (χ4v) is 2.05. The van der Waals surface area contributed by atoms with Crippen molar-refractivity contribution in [2.45, 2.75) is 6.04 Å². The monoisotopic (exact) mass is 283 g/mol. The molecule has 0 fully saturated rings. The fraction of sp³-hybridized carbons (Fsp3) is 0.182. The van der Waals surface area contributed by atoms with Crippen LogP contribution < -0.4 is 5.73 Å². The standard InChI is InChI=1S/C11H11BrFN3/c1-16-6-7(5-15-16)11(14)8-3-2-4-9(13)10(8)12/h2-6,11H,14H2,1H3. The number of nitrogens with two attached hydrogens (primary N) is 1. The molecule has 0 saturated carbocycles. The lowest BCUT2D eigenvalue weighted by Crippen LogP contribution is -2.12. The highest BCUT2D eigenvalue weighted by Crippen LogP contribution is 2.28. The van der Waals surface area contributed by atoms with Crippen LogP contribution in [-0.4, -0.2) is 9.78 Å². The van der Waals surface area contributed by atoms with Crippen molar-refractivity contribution in [3.63, 3.8) is 0 Å². The van der Waals surface area contributed by atoms with E-state index in [2.05, 4.69) is 21.0 Å². The molecule has 1 unspecified atom stereocenters. The Labute approximate surface area is 101 Å². The maximum Gasteiger partial charge on any atom is 0.137 e. The molecule has 3 nitrogen and oxygen atoms in total. The topological polar surface area (TPSA) is 43.8 Å². The van der Waals surface area contributed by atoms with E-state index in [4.69, 9.17) is 5.73 Å². The van der Waals surface area contributed by atoms with Crippen LogP contribution in [0.5, 0.6) is 0 Å². The minimum atomic E-state index is -0.376. The van der Waals surface area contributed by atoms with Crippen LogP contribution in [0.15, 0.2) is 35.1 Å². The van der Waals surface area contributed by atoms with E-state index < -0.39 is 0 Å². The summed E-state index contributed by atoms with van der Waals surface area (Å²) in [6, 6.07) is 4.46. The number of halogens is 2. The van der Waals surface area contributed by atoms with Gasteiger partial charge in [0.1, 0.15) is 5.82 Å². The third-order valence-corrected chi connectivity index (χ3v) is 3.24. The molecule has 0 bridgehead atoms. The van der Waals surface area contributed by atoms with Crippen LogP contribution in [0, 0.1) is 5.82 Å². The normalized spacial score (nSPS) is 12.8. The molecule has 0 saturated heterocycles. The molecule has 0 aliphatic rings. The van der Waals surface area contributed by atoms with Gasteiger partial charge >= 0.3 is 0 Å². The first-order valence-electron chi connectivity index (χ1n) is 4.77. The molecule has 1 aromatic carbocycles. The Morgan fingerprint density at radius 1 is 1.50 bits per heavy atom. The van der Waals surface area contributed by atoms with Gasteiger partial charge in [-0.05, 0) is 27.6 Å². The Morgan fingerprint density at radius 3 is 2.88 bits per heavy atom. The summed E-state index contributed by atoms with van der Waals surface area (Å²) in [5, 5.41) is 4.04. The molecule has 0 aliphatic heterocycles. The Morgan fingerprint density at radius 2 is 2.25 bits per heavy atom. The largest absolute Gasteiger partial charge is 0.320 e. The third-order valence-electron chi connectivity index (χ3n) is 2.40. The van der Waals surface area contributed by atoms with Gasteiger partial charge in [0, 0.05) is 18.8 Å². The number of nitrogens with zero attached hydrogens (tertiary/aromatic N) is 2. The van der Waals surface area contributed by atoms with Gasteiger partial charge in [-0.1, -0.05) is 12.1 Å². The molecule has 1 atom stereocenters. The molecule has 1 heterocycles. The first-order valence-corrected chi connectivity index (χ1v) is 5.57. The highest BCUT2D eigenvalue weighted by atomic mass is 79.9. The van der Waals surface area contributed by atoms with E-state index in [1.165, 1.54) is 6.07 Å². The molecule has 0 spiro atoms. The zero-order valence-electron chi connectivity index (χ0n) is 8.69. The van der Waals surface area contributed by atoms with Gasteiger partial charge < -0.3 is 5.73 Å². The zero-order chi connectivity index (χ0) is 11.7. The summed E-state index contributed by atoms with van der Waals surface area (Å²) in [5.41, 5.74) is 7.62. The molecule has 5 heteroatoms. The van der Waals surface area contributed by atoms with Crippen LogP contribution in [0.2, 0.25) is 0 Å². The van der Waals surface area contributed by atoms with Crippen molar-refractivity contribution in [2.24, 2.45) is 12.8 Å². The van der Waals surface area contributed by atoms with Gasteiger partial charge in [-0.3, -0.25) is 4.68 Å². The van der Waals surface area contributed by atoms with Crippen molar-refractivity contribution in [1.29, 1.82) is 0 Å². The minimum Gasteiger partial charge on any atom is -0.320 e. The number of aryl methyl sites for hydroxylation is 1. The summed E-state index contributed by atoms with van der Waals surface area (Å²) in [4.78, 5) is 0. The highest BCUT2D eigenvalue weighted by Gasteiger charge is 2.15. The predicted octanol–water partition coefficient (Wildman–Crippen LogP) is 2.37. The minimum absolute atomic E-state index is 0.308. The second-order valence-corrected chi connectivity index (χ2v) is 4.36. The molecule has 16 heavy (non-hydrogen) atoms. The Balaban J connectivity index is 2.41. The molecular formula is C11H11BrFN3. The highest BCUT2D eigenvalue weighted by molar-refractivity contribution is 9.10. The summed E-state index contributed by atoms with van der Waals surface area (Å²) in [6.07, 6.45) is 3.50. The molecule has 2 aromatic rings. The van der Waals surface area contributed by atoms with Crippen LogP contribution in [0.3, 0.4) is 0 Å². The summed E-state index contributed by atoms with van der Waals surface area (Å²) in [7, 11) is 1.82. The van der Waals surface area contributed by atoms with E-state index in [0.717, 1.165) is 5.56 Å². The molecule has 2 N–H and O–H groups in total. The number of aromatic nitrogens is 2.